The van der Waals surface area contributed by atoms with Crippen LogP contribution in [0.4, 0.5) is 11.4 Å². The minimum absolute atomic E-state index is 0.0648. The Balaban J connectivity index is 1.81. The van der Waals surface area contributed by atoms with Crippen molar-refractivity contribution < 1.29 is 17.9 Å². The number of rotatable bonds is 9. The smallest absolute Gasteiger partial charge is 0.264 e. The molecule has 0 bridgehead atoms. The second-order valence-electron chi connectivity index (χ2n) is 7.55. The zero-order valence-electron chi connectivity index (χ0n) is 18.5. The molecular formula is C25H28N2O4S. The van der Waals surface area contributed by atoms with Crippen LogP contribution in [0.5, 0.6) is 0 Å². The first kappa shape index (κ1) is 23.5. The van der Waals surface area contributed by atoms with Gasteiger partial charge in [-0.1, -0.05) is 36.4 Å². The highest BCUT2D eigenvalue weighted by molar-refractivity contribution is 7.92. The molecule has 0 fully saturated rings. The SMILES string of the molecule is CCN(c1ccccc1)S(=O)(=O)c1cccc(C(=O)Nc2cccc(COC(C)C)c2)c1. The number of nitrogens with one attached hydrogen (secondary N) is 1. The van der Waals surface area contributed by atoms with E-state index in [9.17, 15) is 13.2 Å². The van der Waals surface area contributed by atoms with Crippen LogP contribution in [-0.4, -0.2) is 27.0 Å². The molecule has 0 aliphatic carbocycles. The van der Waals surface area contributed by atoms with Gasteiger partial charge in [0.25, 0.3) is 15.9 Å². The molecule has 3 rings (SSSR count). The number of nitrogens with zero attached hydrogens (tertiary/aromatic N) is 1. The molecule has 0 saturated heterocycles. The number of hydrogen-bond donors (Lipinski definition) is 1. The summed E-state index contributed by atoms with van der Waals surface area (Å²) in [4.78, 5) is 12.9. The summed E-state index contributed by atoms with van der Waals surface area (Å²) < 4.78 is 33.4. The van der Waals surface area contributed by atoms with Crippen molar-refractivity contribution in [2.75, 3.05) is 16.2 Å². The van der Waals surface area contributed by atoms with Gasteiger partial charge in [-0.15, -0.1) is 0 Å². The number of carbonyl (C=O) groups excluding carboxylic acids is 1. The lowest BCUT2D eigenvalue weighted by atomic mass is 10.2. The maximum absolute atomic E-state index is 13.2. The molecule has 7 heteroatoms. The fraction of sp³-hybridized carbons (Fsp3) is 0.240. The minimum atomic E-state index is -3.82. The molecule has 32 heavy (non-hydrogen) atoms. The number of sulfonamides is 1. The molecular weight excluding hydrogens is 424 g/mol. The first-order valence-corrected chi connectivity index (χ1v) is 11.9. The van der Waals surface area contributed by atoms with Crippen LogP contribution >= 0.6 is 0 Å². The number of amides is 1. The Morgan fingerprint density at radius 2 is 1.69 bits per heavy atom. The third-order valence-corrected chi connectivity index (χ3v) is 6.68. The van der Waals surface area contributed by atoms with Crippen molar-refractivity contribution in [3.05, 3.63) is 90.0 Å². The number of carbonyl (C=O) groups is 1. The van der Waals surface area contributed by atoms with E-state index in [0.29, 0.717) is 18.0 Å². The summed E-state index contributed by atoms with van der Waals surface area (Å²) in [5.41, 5.74) is 2.39. The van der Waals surface area contributed by atoms with Gasteiger partial charge in [-0.2, -0.15) is 0 Å². The maximum atomic E-state index is 13.2. The minimum Gasteiger partial charge on any atom is -0.374 e. The van der Waals surface area contributed by atoms with E-state index in [1.54, 1.807) is 49.4 Å². The van der Waals surface area contributed by atoms with Gasteiger partial charge in [-0.3, -0.25) is 9.10 Å². The van der Waals surface area contributed by atoms with Crippen molar-refractivity contribution >= 4 is 27.3 Å². The fourth-order valence-corrected chi connectivity index (χ4v) is 4.74. The van der Waals surface area contributed by atoms with Gasteiger partial charge in [-0.25, -0.2) is 8.42 Å². The molecule has 0 aliphatic rings. The van der Waals surface area contributed by atoms with Gasteiger partial charge in [0.1, 0.15) is 0 Å². The molecule has 0 heterocycles. The monoisotopic (exact) mass is 452 g/mol. The average molecular weight is 453 g/mol. The van der Waals surface area contributed by atoms with Crippen LogP contribution in [0.2, 0.25) is 0 Å². The first-order chi connectivity index (χ1) is 15.3. The zero-order chi connectivity index (χ0) is 23.1. The van der Waals surface area contributed by atoms with Gasteiger partial charge in [0.15, 0.2) is 0 Å². The van der Waals surface area contributed by atoms with E-state index in [4.69, 9.17) is 4.74 Å². The summed E-state index contributed by atoms with van der Waals surface area (Å²) in [6.07, 6.45) is 0.108. The van der Waals surface area contributed by atoms with Gasteiger partial charge in [0.2, 0.25) is 0 Å². The van der Waals surface area contributed by atoms with E-state index in [2.05, 4.69) is 5.32 Å². The van der Waals surface area contributed by atoms with Crippen LogP contribution in [0.15, 0.2) is 83.8 Å². The van der Waals surface area contributed by atoms with Gasteiger partial charge in [0, 0.05) is 17.8 Å². The van der Waals surface area contributed by atoms with E-state index in [-0.39, 0.29) is 29.0 Å². The summed E-state index contributed by atoms with van der Waals surface area (Å²) in [6.45, 7) is 6.42. The summed E-state index contributed by atoms with van der Waals surface area (Å²) in [5, 5.41) is 2.84. The largest absolute Gasteiger partial charge is 0.374 e. The summed E-state index contributed by atoms with van der Waals surface area (Å²) in [6, 6.07) is 22.4. The van der Waals surface area contributed by atoms with Crippen molar-refractivity contribution in [2.45, 2.75) is 38.4 Å². The average Bonchev–Trinajstić information content (AvgIpc) is 2.79. The second-order valence-corrected chi connectivity index (χ2v) is 9.41. The molecule has 0 aromatic heterocycles. The van der Waals surface area contributed by atoms with E-state index in [1.807, 2.05) is 38.1 Å². The van der Waals surface area contributed by atoms with Crippen molar-refractivity contribution in [2.24, 2.45) is 0 Å². The van der Waals surface area contributed by atoms with Crippen LogP contribution in [-0.2, 0) is 21.4 Å². The van der Waals surface area contributed by atoms with Crippen LogP contribution in [0, 0.1) is 0 Å². The molecule has 0 aliphatic heterocycles. The summed E-state index contributed by atoms with van der Waals surface area (Å²) in [5.74, 6) is -0.383. The predicted molar refractivity (Wildman–Crippen MR) is 127 cm³/mol. The Labute approximate surface area is 189 Å². The number of benzene rings is 3. The molecule has 0 saturated carbocycles. The number of ether oxygens (including phenoxy) is 1. The Hall–Kier alpha value is -3.16. The van der Waals surface area contributed by atoms with E-state index < -0.39 is 10.0 Å². The normalized spacial score (nSPS) is 11.4. The Kier molecular flexibility index (Phi) is 7.66. The Morgan fingerprint density at radius 1 is 0.969 bits per heavy atom. The van der Waals surface area contributed by atoms with Crippen LogP contribution < -0.4 is 9.62 Å². The molecule has 3 aromatic carbocycles. The number of hydrogen-bond acceptors (Lipinski definition) is 4. The molecule has 0 spiro atoms. The Morgan fingerprint density at radius 3 is 2.38 bits per heavy atom. The molecule has 0 atom stereocenters. The summed E-state index contributed by atoms with van der Waals surface area (Å²) >= 11 is 0. The van der Waals surface area contributed by atoms with Crippen LogP contribution in [0.3, 0.4) is 0 Å². The predicted octanol–water partition coefficient (Wildman–Crippen LogP) is 5.08. The molecule has 3 aromatic rings. The lowest BCUT2D eigenvalue weighted by molar-refractivity contribution is 0.0657. The van der Waals surface area contributed by atoms with Crippen molar-refractivity contribution in [3.63, 3.8) is 0 Å². The van der Waals surface area contributed by atoms with Crippen molar-refractivity contribution in [3.8, 4) is 0 Å². The third kappa shape index (κ3) is 5.75. The van der Waals surface area contributed by atoms with Gasteiger partial charge in [0.05, 0.1) is 23.3 Å². The van der Waals surface area contributed by atoms with Gasteiger partial charge in [-0.05, 0) is 68.8 Å². The first-order valence-electron chi connectivity index (χ1n) is 10.5. The molecule has 0 radical (unpaired) electrons. The van der Waals surface area contributed by atoms with E-state index >= 15 is 0 Å². The quantitative estimate of drug-likeness (QED) is 0.491. The summed E-state index contributed by atoms with van der Waals surface area (Å²) in [7, 11) is -3.82. The zero-order valence-corrected chi connectivity index (χ0v) is 19.3. The van der Waals surface area contributed by atoms with Crippen molar-refractivity contribution in [1.82, 2.24) is 0 Å². The highest BCUT2D eigenvalue weighted by atomic mass is 32.2. The number of para-hydroxylation sites is 1. The topological polar surface area (TPSA) is 75.7 Å². The standard InChI is InChI=1S/C25H28N2O4S/c1-4-27(23-13-6-5-7-14-23)32(29,30)24-15-9-11-21(17-24)25(28)26-22-12-8-10-20(16-22)18-31-19(2)3/h5-17,19H,4,18H2,1-3H3,(H,26,28). The molecule has 0 unspecified atom stereocenters. The van der Waals surface area contributed by atoms with Crippen molar-refractivity contribution in [1.29, 1.82) is 0 Å². The maximum Gasteiger partial charge on any atom is 0.264 e. The number of anilines is 2. The highest BCUT2D eigenvalue weighted by Gasteiger charge is 2.24. The molecule has 1 amide bonds. The molecule has 1 N–H and O–H groups in total. The molecule has 6 nitrogen and oxygen atoms in total. The lowest BCUT2D eigenvalue weighted by Crippen LogP contribution is -2.30. The van der Waals surface area contributed by atoms with E-state index in [1.165, 1.54) is 16.4 Å². The Bertz CT molecular complexity index is 1160. The lowest BCUT2D eigenvalue weighted by Gasteiger charge is -2.23. The third-order valence-electron chi connectivity index (χ3n) is 4.78. The fourth-order valence-electron chi connectivity index (χ4n) is 3.22. The second kappa shape index (κ2) is 10.4. The molecule has 168 valence electrons. The van der Waals surface area contributed by atoms with Crippen LogP contribution in [0.1, 0.15) is 36.7 Å². The van der Waals surface area contributed by atoms with Gasteiger partial charge < -0.3 is 10.1 Å². The van der Waals surface area contributed by atoms with Crippen LogP contribution in [0.25, 0.3) is 0 Å². The highest BCUT2D eigenvalue weighted by Crippen LogP contribution is 2.24. The van der Waals surface area contributed by atoms with E-state index in [0.717, 1.165) is 5.56 Å². The van der Waals surface area contributed by atoms with Gasteiger partial charge >= 0.3 is 0 Å².